The summed E-state index contributed by atoms with van der Waals surface area (Å²) in [6, 6.07) is 6.57. The lowest BCUT2D eigenvalue weighted by Gasteiger charge is -2.08. The van der Waals surface area contributed by atoms with E-state index < -0.39 is 0 Å². The van der Waals surface area contributed by atoms with E-state index in [1.165, 1.54) is 16.7 Å². The van der Waals surface area contributed by atoms with E-state index in [-0.39, 0.29) is 0 Å². The number of alkyl halides is 2. The van der Waals surface area contributed by atoms with Crippen LogP contribution in [0.25, 0.3) is 0 Å². The molecule has 1 aromatic carbocycles. The zero-order valence-corrected chi connectivity index (χ0v) is 10.4. The first-order chi connectivity index (χ1) is 5.65. The summed E-state index contributed by atoms with van der Waals surface area (Å²) in [6.45, 7) is 4.28. The highest BCUT2D eigenvalue weighted by Crippen LogP contribution is 2.26. The van der Waals surface area contributed by atoms with Crippen LogP contribution in [0.2, 0.25) is 0 Å². The van der Waals surface area contributed by atoms with E-state index in [4.69, 9.17) is 0 Å². The maximum atomic E-state index is 3.60. The molecule has 1 rings (SSSR count). The molecular formula is C10H12Br2. The number of aryl methyl sites for hydroxylation is 2. The topological polar surface area (TPSA) is 0 Å². The first kappa shape index (κ1) is 10.3. The van der Waals surface area contributed by atoms with Crippen LogP contribution in [0, 0.1) is 13.8 Å². The van der Waals surface area contributed by atoms with Gasteiger partial charge in [0.15, 0.2) is 0 Å². The van der Waals surface area contributed by atoms with Gasteiger partial charge in [-0.1, -0.05) is 50.1 Å². The molecular weight excluding hydrogens is 280 g/mol. The van der Waals surface area contributed by atoms with Gasteiger partial charge in [0.05, 0.1) is 0 Å². The van der Waals surface area contributed by atoms with Crippen molar-refractivity contribution in [1.29, 1.82) is 0 Å². The quantitative estimate of drug-likeness (QED) is 0.719. The lowest BCUT2D eigenvalue weighted by Crippen LogP contribution is -1.92. The van der Waals surface area contributed by atoms with Crippen LogP contribution in [0.5, 0.6) is 0 Å². The second-order valence-electron chi connectivity index (χ2n) is 2.97. The molecule has 0 aliphatic rings. The van der Waals surface area contributed by atoms with Crippen molar-refractivity contribution in [2.45, 2.75) is 18.7 Å². The van der Waals surface area contributed by atoms with Crippen molar-refractivity contribution < 1.29 is 0 Å². The minimum absolute atomic E-state index is 0.428. The summed E-state index contributed by atoms with van der Waals surface area (Å²) in [5.74, 6) is 0. The average Bonchev–Trinajstić information content (AvgIpc) is 2.08. The third-order valence-corrected chi connectivity index (χ3v) is 4.40. The van der Waals surface area contributed by atoms with E-state index in [1.807, 2.05) is 0 Å². The summed E-state index contributed by atoms with van der Waals surface area (Å²) in [4.78, 5) is 0.428. The third kappa shape index (κ3) is 2.33. The van der Waals surface area contributed by atoms with E-state index >= 15 is 0 Å². The molecule has 0 radical (unpaired) electrons. The molecule has 0 saturated heterocycles. The number of halogens is 2. The molecule has 0 nitrogen and oxygen atoms in total. The SMILES string of the molecule is Cc1ccc(C(Br)CBr)cc1C. The highest BCUT2D eigenvalue weighted by Gasteiger charge is 2.05. The molecule has 2 heteroatoms. The van der Waals surface area contributed by atoms with Gasteiger partial charge in [0.2, 0.25) is 0 Å². The van der Waals surface area contributed by atoms with Crippen molar-refractivity contribution in [2.24, 2.45) is 0 Å². The van der Waals surface area contributed by atoms with Crippen LogP contribution in [0.15, 0.2) is 18.2 Å². The smallest absolute Gasteiger partial charge is 0.0492 e. The van der Waals surface area contributed by atoms with Crippen molar-refractivity contribution in [3.8, 4) is 0 Å². The summed E-state index contributed by atoms with van der Waals surface area (Å²) in [5.41, 5.74) is 4.06. The average molecular weight is 292 g/mol. The Morgan fingerprint density at radius 2 is 1.92 bits per heavy atom. The van der Waals surface area contributed by atoms with Gasteiger partial charge in [-0.2, -0.15) is 0 Å². The predicted octanol–water partition coefficient (Wildman–Crippen LogP) is 4.13. The Kier molecular flexibility index (Phi) is 3.78. The molecule has 0 saturated carbocycles. The Balaban J connectivity index is 2.96. The summed E-state index contributed by atoms with van der Waals surface area (Å²) in [6.07, 6.45) is 0. The van der Waals surface area contributed by atoms with Crippen molar-refractivity contribution in [3.63, 3.8) is 0 Å². The van der Waals surface area contributed by atoms with E-state index in [2.05, 4.69) is 63.9 Å². The first-order valence-electron chi connectivity index (χ1n) is 3.92. The lowest BCUT2D eigenvalue weighted by atomic mass is 10.1. The maximum absolute atomic E-state index is 3.60. The van der Waals surface area contributed by atoms with Crippen molar-refractivity contribution in [2.75, 3.05) is 5.33 Å². The molecule has 66 valence electrons. The standard InChI is InChI=1S/C10H12Br2/c1-7-3-4-9(5-8(7)2)10(12)6-11/h3-5,10H,6H2,1-2H3. The molecule has 0 fully saturated rings. The molecule has 0 aromatic heterocycles. The van der Waals surface area contributed by atoms with Crippen molar-refractivity contribution in [1.82, 2.24) is 0 Å². The summed E-state index contributed by atoms with van der Waals surface area (Å²) in [5, 5.41) is 0.954. The first-order valence-corrected chi connectivity index (χ1v) is 5.96. The predicted molar refractivity (Wildman–Crippen MR) is 61.4 cm³/mol. The van der Waals surface area contributed by atoms with Crippen LogP contribution in [0.1, 0.15) is 21.5 Å². The van der Waals surface area contributed by atoms with Gasteiger partial charge in [-0.05, 0) is 30.5 Å². The number of rotatable bonds is 2. The van der Waals surface area contributed by atoms with Gasteiger partial charge in [-0.15, -0.1) is 0 Å². The van der Waals surface area contributed by atoms with E-state index in [0.29, 0.717) is 4.83 Å². The van der Waals surface area contributed by atoms with Gasteiger partial charge < -0.3 is 0 Å². The molecule has 0 amide bonds. The highest BCUT2D eigenvalue weighted by atomic mass is 79.9. The Bertz CT molecular complexity index is 269. The molecule has 1 atom stereocenters. The Morgan fingerprint density at radius 1 is 1.25 bits per heavy atom. The fraction of sp³-hybridized carbons (Fsp3) is 0.400. The minimum Gasteiger partial charge on any atom is -0.0912 e. The fourth-order valence-corrected chi connectivity index (χ4v) is 1.71. The Labute approximate surface area is 90.6 Å². The van der Waals surface area contributed by atoms with Gasteiger partial charge >= 0.3 is 0 Å². The minimum atomic E-state index is 0.428. The third-order valence-electron chi connectivity index (χ3n) is 2.03. The van der Waals surface area contributed by atoms with Gasteiger partial charge in [0.25, 0.3) is 0 Å². The second-order valence-corrected chi connectivity index (χ2v) is 4.72. The second kappa shape index (κ2) is 4.43. The molecule has 1 aromatic rings. The van der Waals surface area contributed by atoms with E-state index in [9.17, 15) is 0 Å². The molecule has 0 aliphatic carbocycles. The van der Waals surface area contributed by atoms with Gasteiger partial charge in [-0.3, -0.25) is 0 Å². The Morgan fingerprint density at radius 3 is 2.42 bits per heavy atom. The largest absolute Gasteiger partial charge is 0.0912 e. The normalized spacial score (nSPS) is 13.0. The molecule has 0 heterocycles. The van der Waals surface area contributed by atoms with Gasteiger partial charge in [-0.25, -0.2) is 0 Å². The number of hydrogen-bond donors (Lipinski definition) is 0. The zero-order valence-electron chi connectivity index (χ0n) is 7.27. The summed E-state index contributed by atoms with van der Waals surface area (Å²) in [7, 11) is 0. The lowest BCUT2D eigenvalue weighted by molar-refractivity contribution is 1.13. The fourth-order valence-electron chi connectivity index (χ4n) is 1.05. The molecule has 0 bridgehead atoms. The van der Waals surface area contributed by atoms with Gasteiger partial charge in [0.1, 0.15) is 0 Å². The zero-order chi connectivity index (χ0) is 9.14. The molecule has 0 N–H and O–H groups in total. The molecule has 0 aliphatic heterocycles. The molecule has 0 spiro atoms. The maximum Gasteiger partial charge on any atom is 0.0492 e. The van der Waals surface area contributed by atoms with Crippen LogP contribution in [0.3, 0.4) is 0 Å². The Hall–Kier alpha value is 0.180. The summed E-state index contributed by atoms with van der Waals surface area (Å²) >= 11 is 7.04. The number of hydrogen-bond acceptors (Lipinski definition) is 0. The van der Waals surface area contributed by atoms with E-state index in [0.717, 1.165) is 5.33 Å². The molecule has 1 unspecified atom stereocenters. The van der Waals surface area contributed by atoms with Crippen LogP contribution >= 0.6 is 31.9 Å². The van der Waals surface area contributed by atoms with Crippen LogP contribution < -0.4 is 0 Å². The van der Waals surface area contributed by atoms with E-state index in [1.54, 1.807) is 0 Å². The van der Waals surface area contributed by atoms with Crippen LogP contribution in [-0.4, -0.2) is 5.33 Å². The van der Waals surface area contributed by atoms with Gasteiger partial charge in [0, 0.05) is 10.2 Å². The highest BCUT2D eigenvalue weighted by molar-refractivity contribution is 9.12. The van der Waals surface area contributed by atoms with Crippen LogP contribution in [0.4, 0.5) is 0 Å². The van der Waals surface area contributed by atoms with Crippen LogP contribution in [-0.2, 0) is 0 Å². The van der Waals surface area contributed by atoms with Crippen molar-refractivity contribution in [3.05, 3.63) is 34.9 Å². The van der Waals surface area contributed by atoms with Crippen molar-refractivity contribution >= 4 is 31.9 Å². The number of benzene rings is 1. The monoisotopic (exact) mass is 290 g/mol. The summed E-state index contributed by atoms with van der Waals surface area (Å²) < 4.78 is 0. The molecule has 12 heavy (non-hydrogen) atoms.